The number of ketones is 1. The first-order valence-corrected chi connectivity index (χ1v) is 11.8. The molecule has 0 N–H and O–H groups in total. The molecule has 1 unspecified atom stereocenters. The van der Waals surface area contributed by atoms with Crippen LogP contribution in [0.1, 0.15) is 50.0 Å². The highest BCUT2D eigenvalue weighted by Crippen LogP contribution is 2.35. The summed E-state index contributed by atoms with van der Waals surface area (Å²) in [5.41, 5.74) is 1.12. The van der Waals surface area contributed by atoms with Crippen molar-refractivity contribution in [2.75, 3.05) is 25.9 Å². The fraction of sp³-hybridized carbons (Fsp3) is 0.500. The van der Waals surface area contributed by atoms with Gasteiger partial charge >= 0.3 is 5.97 Å². The second kappa shape index (κ2) is 11.6. The maximum absolute atomic E-state index is 15.0. The molecule has 9 nitrogen and oxygen atoms in total. The van der Waals surface area contributed by atoms with Crippen LogP contribution in [0.25, 0.3) is 6.08 Å². The van der Waals surface area contributed by atoms with Crippen LogP contribution in [0.4, 0.5) is 14.9 Å². The fourth-order valence-corrected chi connectivity index (χ4v) is 4.02. The molecule has 0 spiro atoms. The van der Waals surface area contributed by atoms with Crippen LogP contribution in [-0.2, 0) is 23.7 Å². The molecule has 2 radical (unpaired) electrons. The van der Waals surface area contributed by atoms with E-state index in [-0.39, 0.29) is 24.5 Å². The molecule has 0 aliphatic carbocycles. The predicted molar refractivity (Wildman–Crippen MR) is 135 cm³/mol. The van der Waals surface area contributed by atoms with Gasteiger partial charge in [-0.3, -0.25) is 9.59 Å². The molecule has 0 aromatic heterocycles. The van der Waals surface area contributed by atoms with E-state index in [4.69, 9.17) is 31.5 Å². The summed E-state index contributed by atoms with van der Waals surface area (Å²) < 4.78 is 42.9. The molecule has 1 amide bonds. The number of fused-ring (bicyclic) bond motifs is 2. The van der Waals surface area contributed by atoms with Crippen LogP contribution < -0.4 is 9.64 Å². The lowest BCUT2D eigenvalue weighted by Gasteiger charge is -2.22. The second-order valence-corrected chi connectivity index (χ2v) is 9.35. The van der Waals surface area contributed by atoms with Gasteiger partial charge in [-0.15, -0.1) is 0 Å². The number of benzene rings is 1. The first kappa shape index (κ1) is 28.6. The third kappa shape index (κ3) is 6.65. The summed E-state index contributed by atoms with van der Waals surface area (Å²) in [7, 11) is 8.34. The number of hydrogen-bond donors (Lipinski definition) is 0. The van der Waals surface area contributed by atoms with Gasteiger partial charge < -0.3 is 28.6 Å². The van der Waals surface area contributed by atoms with Crippen molar-refractivity contribution in [2.24, 2.45) is 0 Å². The summed E-state index contributed by atoms with van der Waals surface area (Å²) in [6.45, 7) is 6.24. The molecular weight excluding hydrogens is 484 g/mol. The highest BCUT2D eigenvalue weighted by molar-refractivity contribution is 6.60. The maximum Gasteiger partial charge on any atom is 0.343 e. The molecule has 2 heterocycles. The summed E-state index contributed by atoms with van der Waals surface area (Å²) in [6.07, 6.45) is -0.177. The molecule has 3 rings (SSSR count). The molecule has 1 aromatic rings. The SMILES string of the molecule is [B]C(=O)N(C)c1cc2c(c(OCOC)c1)C(=O)O[C@@H](C)C(C)=CC(F)C(=O)[C@H]1OC(C)(C)O[C@H]1CC=C2. The van der Waals surface area contributed by atoms with Crippen molar-refractivity contribution >= 4 is 37.2 Å². The van der Waals surface area contributed by atoms with Gasteiger partial charge in [0, 0.05) is 25.9 Å². The van der Waals surface area contributed by atoms with Crippen molar-refractivity contribution in [3.63, 3.8) is 0 Å². The molecule has 1 saturated heterocycles. The Bertz CT molecular complexity index is 1120. The number of ether oxygens (including phenoxy) is 5. The van der Waals surface area contributed by atoms with Gasteiger partial charge in [-0.25, -0.2) is 9.18 Å². The largest absolute Gasteiger partial charge is 0.467 e. The van der Waals surface area contributed by atoms with Gasteiger partial charge in [-0.1, -0.05) is 12.2 Å². The van der Waals surface area contributed by atoms with E-state index in [1.54, 1.807) is 45.9 Å². The van der Waals surface area contributed by atoms with Crippen LogP contribution >= 0.6 is 0 Å². The van der Waals surface area contributed by atoms with Gasteiger partial charge in [0.2, 0.25) is 13.6 Å². The molecule has 1 fully saturated rings. The van der Waals surface area contributed by atoms with Crippen LogP contribution in [0.5, 0.6) is 5.75 Å². The number of amides is 1. The van der Waals surface area contributed by atoms with Gasteiger partial charge in [0.15, 0.2) is 24.6 Å². The zero-order valence-corrected chi connectivity index (χ0v) is 21.8. The minimum atomic E-state index is -1.97. The Kier molecular flexibility index (Phi) is 8.94. The lowest BCUT2D eigenvalue weighted by molar-refractivity contribution is -0.156. The zero-order valence-electron chi connectivity index (χ0n) is 21.8. The van der Waals surface area contributed by atoms with Crippen LogP contribution in [0.2, 0.25) is 0 Å². The number of nitrogens with zero attached hydrogens (tertiary/aromatic N) is 1. The lowest BCUT2D eigenvalue weighted by Crippen LogP contribution is -2.37. The maximum atomic E-state index is 15.0. The minimum absolute atomic E-state index is 0.0694. The zero-order chi connectivity index (χ0) is 27.5. The number of esters is 1. The van der Waals surface area contributed by atoms with E-state index >= 15 is 0 Å². The predicted octanol–water partition coefficient (Wildman–Crippen LogP) is 3.73. The standard InChI is InChI=1S/C26H31BFNO8/c1-14-10-18(28)22(30)23-19(36-26(3,4)37-23)9-7-8-16-11-17(29(5)25(27)32)12-20(34-13-33-6)21(16)24(31)35-15(14)2/h7-8,10-12,15,18-19,23H,9,13H2,1-6H3/t15-,18?,19-,23-/m0/s1. The summed E-state index contributed by atoms with van der Waals surface area (Å²) in [6, 6.07) is 3.05. The number of cyclic esters (lactones) is 1. The highest BCUT2D eigenvalue weighted by Gasteiger charge is 2.46. The number of anilines is 1. The van der Waals surface area contributed by atoms with Gasteiger partial charge in [-0.05, 0) is 57.4 Å². The van der Waals surface area contributed by atoms with E-state index < -0.39 is 47.8 Å². The van der Waals surface area contributed by atoms with E-state index in [9.17, 15) is 18.8 Å². The highest BCUT2D eigenvalue weighted by atomic mass is 19.1. The Labute approximate surface area is 216 Å². The quantitative estimate of drug-likeness (QED) is 0.259. The molecule has 1 aromatic carbocycles. The third-order valence-electron chi connectivity index (χ3n) is 6.11. The Balaban J connectivity index is 2.16. The van der Waals surface area contributed by atoms with Gasteiger partial charge in [0.1, 0.15) is 23.5 Å². The van der Waals surface area contributed by atoms with Gasteiger partial charge in [-0.2, -0.15) is 0 Å². The molecule has 0 bridgehead atoms. The second-order valence-electron chi connectivity index (χ2n) is 9.35. The summed E-state index contributed by atoms with van der Waals surface area (Å²) >= 11 is 0. The van der Waals surface area contributed by atoms with Crippen molar-refractivity contribution in [1.29, 1.82) is 0 Å². The molecule has 37 heavy (non-hydrogen) atoms. The number of carbonyl (C=O) groups excluding carboxylic acids is 3. The first-order valence-electron chi connectivity index (χ1n) is 11.8. The Hall–Kier alpha value is -3.02. The average molecular weight is 515 g/mol. The number of halogens is 1. The Morgan fingerprint density at radius 1 is 1.27 bits per heavy atom. The van der Waals surface area contributed by atoms with Crippen molar-refractivity contribution in [3.8, 4) is 5.75 Å². The van der Waals surface area contributed by atoms with Crippen molar-refractivity contribution < 1.29 is 42.5 Å². The Morgan fingerprint density at radius 3 is 2.62 bits per heavy atom. The number of allylic oxidation sites excluding steroid dienone is 1. The smallest absolute Gasteiger partial charge is 0.343 e. The number of hydrogen-bond acceptors (Lipinski definition) is 8. The summed E-state index contributed by atoms with van der Waals surface area (Å²) in [4.78, 5) is 39.2. The molecule has 0 saturated carbocycles. The van der Waals surface area contributed by atoms with Crippen molar-refractivity contribution in [1.82, 2.24) is 0 Å². The van der Waals surface area contributed by atoms with E-state index in [1.807, 2.05) is 0 Å². The third-order valence-corrected chi connectivity index (χ3v) is 6.11. The van der Waals surface area contributed by atoms with E-state index in [0.717, 1.165) is 6.08 Å². The average Bonchev–Trinajstić information content (AvgIpc) is 3.14. The van der Waals surface area contributed by atoms with Gasteiger partial charge in [0.05, 0.1) is 6.10 Å². The molecule has 2 aliphatic heterocycles. The normalized spacial score (nSPS) is 25.9. The van der Waals surface area contributed by atoms with E-state index in [0.29, 0.717) is 16.8 Å². The molecular formula is C26H31BFNO8. The number of carbonyl (C=O) groups is 3. The fourth-order valence-electron chi connectivity index (χ4n) is 4.02. The minimum Gasteiger partial charge on any atom is -0.467 e. The lowest BCUT2D eigenvalue weighted by atomic mass is 9.98. The monoisotopic (exact) mass is 515 g/mol. The molecule has 198 valence electrons. The van der Waals surface area contributed by atoms with Crippen LogP contribution in [-0.4, -0.2) is 76.6 Å². The molecule has 11 heteroatoms. The van der Waals surface area contributed by atoms with Gasteiger partial charge in [0.25, 0.3) is 0 Å². The van der Waals surface area contributed by atoms with Crippen molar-refractivity contribution in [3.05, 3.63) is 41.0 Å². The van der Waals surface area contributed by atoms with E-state index in [2.05, 4.69) is 0 Å². The molecule has 4 atom stereocenters. The Morgan fingerprint density at radius 2 is 1.97 bits per heavy atom. The summed E-state index contributed by atoms with van der Waals surface area (Å²) in [5.74, 6) is -3.25. The van der Waals surface area contributed by atoms with Crippen molar-refractivity contribution in [2.45, 2.75) is 64.4 Å². The van der Waals surface area contributed by atoms with E-state index in [1.165, 1.54) is 25.1 Å². The van der Waals surface area contributed by atoms with Crippen LogP contribution in [0.3, 0.4) is 0 Å². The summed E-state index contributed by atoms with van der Waals surface area (Å²) in [5, 5.41) is 0. The number of methoxy groups -OCH3 is 1. The number of Topliss-reactive ketones (excluding diaryl/α,β-unsaturated/α-hetero) is 1. The topological polar surface area (TPSA) is 101 Å². The number of alkyl halides is 1. The van der Waals surface area contributed by atoms with Crippen LogP contribution in [0, 0.1) is 0 Å². The van der Waals surface area contributed by atoms with Crippen LogP contribution in [0.15, 0.2) is 29.9 Å². The number of rotatable bonds is 4. The molecule has 2 aliphatic rings. The first-order chi connectivity index (χ1) is 17.3.